The molecule has 0 atom stereocenters. The van der Waals surface area contributed by atoms with E-state index in [-0.39, 0.29) is 38.5 Å². The highest BCUT2D eigenvalue weighted by atomic mass is 79.9. The van der Waals surface area contributed by atoms with Gasteiger partial charge in [-0.05, 0) is 88.0 Å². The summed E-state index contributed by atoms with van der Waals surface area (Å²) in [5.74, 6) is 0.492. The maximum Gasteiger partial charge on any atom is 0.251 e. The number of carbonyl (C=O) groups is 2. The van der Waals surface area contributed by atoms with Crippen LogP contribution in [0.2, 0.25) is 0 Å². The van der Waals surface area contributed by atoms with Crippen molar-refractivity contribution >= 4 is 75.5 Å². The molecule has 2 rings (SSSR count). The molecule has 174 valence electrons. The zero-order chi connectivity index (χ0) is 23.7. The van der Waals surface area contributed by atoms with Gasteiger partial charge in [0.1, 0.15) is 0 Å². The lowest BCUT2D eigenvalue weighted by Crippen LogP contribution is -2.34. The van der Waals surface area contributed by atoms with E-state index < -0.39 is 0 Å². The lowest BCUT2D eigenvalue weighted by atomic mass is 10.2. The van der Waals surface area contributed by atoms with Crippen molar-refractivity contribution in [3.8, 4) is 11.5 Å². The van der Waals surface area contributed by atoms with Crippen molar-refractivity contribution in [2.75, 3.05) is 40.9 Å². The third-order valence-corrected chi connectivity index (χ3v) is 6.22. The van der Waals surface area contributed by atoms with Gasteiger partial charge < -0.3 is 29.6 Å². The Morgan fingerprint density at radius 1 is 0.688 bits per heavy atom. The third kappa shape index (κ3) is 7.70. The number of benzene rings is 2. The highest BCUT2D eigenvalue weighted by Crippen LogP contribution is 2.35. The first-order valence-electron chi connectivity index (χ1n) is 9.06. The minimum absolute atomic E-state index is 0.0818. The zero-order valence-electron chi connectivity index (χ0n) is 17.1. The molecular formula is C20H20Br4N2O6. The first kappa shape index (κ1) is 27.1. The molecule has 0 radical (unpaired) electrons. The van der Waals surface area contributed by atoms with E-state index in [1.165, 1.54) is 14.2 Å². The van der Waals surface area contributed by atoms with Gasteiger partial charge in [-0.3, -0.25) is 9.59 Å². The highest BCUT2D eigenvalue weighted by molar-refractivity contribution is 9.11. The number of halogens is 4. The molecule has 32 heavy (non-hydrogen) atoms. The quantitative estimate of drug-likeness (QED) is 0.257. The molecule has 8 nitrogen and oxygen atoms in total. The Bertz CT molecular complexity index is 850. The summed E-state index contributed by atoms with van der Waals surface area (Å²) in [5, 5.41) is 5.53. The largest absolute Gasteiger partial charge is 0.465 e. The average molecular weight is 704 g/mol. The van der Waals surface area contributed by atoms with Crippen molar-refractivity contribution in [2.45, 2.75) is 0 Å². The second kappa shape index (κ2) is 13.5. The van der Waals surface area contributed by atoms with Crippen LogP contribution in [0.15, 0.2) is 42.2 Å². The summed E-state index contributed by atoms with van der Waals surface area (Å²) in [7, 11) is 3.04. The topological polar surface area (TPSA) is 95.1 Å². The molecule has 0 saturated heterocycles. The van der Waals surface area contributed by atoms with Gasteiger partial charge in [0.15, 0.2) is 25.1 Å². The Morgan fingerprint density at radius 2 is 1.00 bits per heavy atom. The number of hydrogen-bond donors (Lipinski definition) is 2. The molecule has 2 N–H and O–H groups in total. The van der Waals surface area contributed by atoms with Crippen LogP contribution in [0.3, 0.4) is 0 Å². The molecule has 12 heteroatoms. The number of nitrogens with one attached hydrogen (secondary N) is 2. The molecule has 0 unspecified atom stereocenters. The van der Waals surface area contributed by atoms with Crippen LogP contribution in [0.1, 0.15) is 20.7 Å². The summed E-state index contributed by atoms with van der Waals surface area (Å²) in [6.45, 7) is 0.662. The Balaban J connectivity index is 1.89. The van der Waals surface area contributed by atoms with Crippen molar-refractivity contribution in [1.82, 2.24) is 10.6 Å². The number of amides is 2. The van der Waals surface area contributed by atoms with Crippen molar-refractivity contribution in [3.05, 3.63) is 53.3 Å². The van der Waals surface area contributed by atoms with Gasteiger partial charge in [0.2, 0.25) is 0 Å². The smallest absolute Gasteiger partial charge is 0.251 e. The first-order chi connectivity index (χ1) is 15.3. The van der Waals surface area contributed by atoms with E-state index >= 15 is 0 Å². The number of hydrogen-bond acceptors (Lipinski definition) is 6. The average Bonchev–Trinajstić information content (AvgIpc) is 2.75. The van der Waals surface area contributed by atoms with E-state index in [1.54, 1.807) is 24.3 Å². The SMILES string of the molecule is COCOc1c(Br)cc(C(=O)NCCNC(=O)c2cc(Br)c(OCOC)c(Br)c2)cc1Br. The monoisotopic (exact) mass is 700 g/mol. The fraction of sp³-hybridized carbons (Fsp3) is 0.300. The second-order valence-corrected chi connectivity index (χ2v) is 9.57. The van der Waals surface area contributed by atoms with Crippen molar-refractivity contribution < 1.29 is 28.5 Å². The van der Waals surface area contributed by atoms with Gasteiger partial charge >= 0.3 is 0 Å². The Morgan fingerprint density at radius 3 is 1.28 bits per heavy atom. The lowest BCUT2D eigenvalue weighted by Gasteiger charge is -2.13. The van der Waals surface area contributed by atoms with Crippen LogP contribution in [0, 0.1) is 0 Å². The summed E-state index contributed by atoms with van der Waals surface area (Å²) >= 11 is 13.5. The number of carbonyl (C=O) groups excluding carboxylic acids is 2. The Kier molecular flexibility index (Phi) is 11.4. The maximum atomic E-state index is 12.4. The normalized spacial score (nSPS) is 10.6. The van der Waals surface area contributed by atoms with Crippen LogP contribution in [0.25, 0.3) is 0 Å². The van der Waals surface area contributed by atoms with E-state index in [2.05, 4.69) is 74.4 Å². The summed E-state index contributed by atoms with van der Waals surface area (Å²) in [5.41, 5.74) is 0.860. The fourth-order valence-corrected chi connectivity index (χ4v) is 5.28. The van der Waals surface area contributed by atoms with Crippen molar-refractivity contribution in [2.24, 2.45) is 0 Å². The van der Waals surface area contributed by atoms with Crippen LogP contribution in [0.5, 0.6) is 11.5 Å². The second-order valence-electron chi connectivity index (χ2n) is 6.15. The predicted octanol–water partition coefficient (Wildman–Crippen LogP) is 4.86. The minimum Gasteiger partial charge on any atom is -0.465 e. The van der Waals surface area contributed by atoms with E-state index in [4.69, 9.17) is 18.9 Å². The molecule has 0 heterocycles. The van der Waals surface area contributed by atoms with Crippen LogP contribution in [-0.2, 0) is 9.47 Å². The molecule has 0 aliphatic heterocycles. The molecule has 0 saturated carbocycles. The molecule has 0 bridgehead atoms. The van der Waals surface area contributed by atoms with Crippen LogP contribution in [-0.4, -0.2) is 52.7 Å². The van der Waals surface area contributed by atoms with Gasteiger partial charge in [-0.2, -0.15) is 0 Å². The third-order valence-electron chi connectivity index (χ3n) is 3.86. The Hall–Kier alpha value is -1.18. The zero-order valence-corrected chi connectivity index (χ0v) is 23.4. The van der Waals surface area contributed by atoms with Gasteiger partial charge in [0, 0.05) is 38.4 Å². The van der Waals surface area contributed by atoms with E-state index in [1.807, 2.05) is 0 Å². The van der Waals surface area contributed by atoms with Crippen LogP contribution < -0.4 is 20.1 Å². The molecule has 0 aliphatic rings. The first-order valence-corrected chi connectivity index (χ1v) is 12.2. The lowest BCUT2D eigenvalue weighted by molar-refractivity contribution is 0.0498. The van der Waals surface area contributed by atoms with Gasteiger partial charge in [-0.1, -0.05) is 0 Å². The molecule has 0 aromatic heterocycles. The van der Waals surface area contributed by atoms with Crippen molar-refractivity contribution in [3.63, 3.8) is 0 Å². The van der Waals surface area contributed by atoms with Crippen LogP contribution >= 0.6 is 63.7 Å². The summed E-state index contributed by atoms with van der Waals surface area (Å²) in [4.78, 5) is 24.9. The molecule has 0 fully saturated rings. The highest BCUT2D eigenvalue weighted by Gasteiger charge is 2.15. The predicted molar refractivity (Wildman–Crippen MR) is 133 cm³/mol. The van der Waals surface area contributed by atoms with Gasteiger partial charge in [0.05, 0.1) is 17.9 Å². The van der Waals surface area contributed by atoms with Crippen LogP contribution in [0.4, 0.5) is 0 Å². The standard InChI is InChI=1S/C20H20Br4N2O6/c1-29-9-31-17-13(21)5-11(6-14(17)22)19(27)25-3-4-26-20(28)12-7-15(23)18(16(24)8-12)32-10-30-2/h5-8H,3-4,9-10H2,1-2H3,(H,25,27)(H,26,28). The molecule has 2 aromatic rings. The number of ether oxygens (including phenoxy) is 4. The number of methoxy groups -OCH3 is 2. The molecule has 0 spiro atoms. The molecule has 2 amide bonds. The number of rotatable bonds is 11. The minimum atomic E-state index is -0.288. The summed E-state index contributed by atoms with van der Waals surface area (Å²) in [6, 6.07) is 6.58. The Labute approximate surface area is 219 Å². The van der Waals surface area contributed by atoms with E-state index in [9.17, 15) is 9.59 Å². The summed E-state index contributed by atoms with van der Waals surface area (Å²) < 4.78 is 23.1. The van der Waals surface area contributed by atoms with E-state index in [0.29, 0.717) is 40.5 Å². The van der Waals surface area contributed by atoms with Crippen molar-refractivity contribution in [1.29, 1.82) is 0 Å². The fourth-order valence-electron chi connectivity index (χ4n) is 2.45. The van der Waals surface area contributed by atoms with Gasteiger partial charge in [-0.25, -0.2) is 0 Å². The van der Waals surface area contributed by atoms with Gasteiger partial charge in [0.25, 0.3) is 11.8 Å². The van der Waals surface area contributed by atoms with Gasteiger partial charge in [-0.15, -0.1) is 0 Å². The molecule has 0 aliphatic carbocycles. The maximum absolute atomic E-state index is 12.4. The summed E-state index contributed by atoms with van der Waals surface area (Å²) in [6.07, 6.45) is 0. The molecular weight excluding hydrogens is 684 g/mol. The van der Waals surface area contributed by atoms with E-state index in [0.717, 1.165) is 0 Å². The molecule has 2 aromatic carbocycles.